The summed E-state index contributed by atoms with van der Waals surface area (Å²) in [6.45, 7) is 0.574. The normalized spacial score (nSPS) is 19.9. The number of anilines is 1. The molecular formula is C17H18N2O2. The SMILES string of the molecule is O=C([C@@H]1Cc2ccccc2N1)N(Cc1ccco1)C1CC1. The van der Waals surface area contributed by atoms with E-state index in [2.05, 4.69) is 11.4 Å². The van der Waals surface area contributed by atoms with Gasteiger partial charge in [-0.3, -0.25) is 4.79 Å². The number of rotatable bonds is 4. The molecule has 1 aliphatic carbocycles. The molecule has 4 rings (SSSR count). The zero-order valence-corrected chi connectivity index (χ0v) is 11.8. The molecule has 21 heavy (non-hydrogen) atoms. The first-order valence-electron chi connectivity index (χ1n) is 7.48. The van der Waals surface area contributed by atoms with E-state index in [1.54, 1.807) is 6.26 Å². The number of hydrogen-bond donors (Lipinski definition) is 1. The molecule has 1 aromatic heterocycles. The highest BCUT2D eigenvalue weighted by Gasteiger charge is 2.38. The molecule has 0 unspecified atom stereocenters. The molecule has 0 bridgehead atoms. The Kier molecular flexibility index (Phi) is 2.95. The molecule has 1 saturated carbocycles. The van der Waals surface area contributed by atoms with Gasteiger partial charge in [0.15, 0.2) is 0 Å². The zero-order chi connectivity index (χ0) is 14.2. The fraction of sp³-hybridized carbons (Fsp3) is 0.353. The van der Waals surface area contributed by atoms with Crippen LogP contribution in [0.25, 0.3) is 0 Å². The summed E-state index contributed by atoms with van der Waals surface area (Å²) in [4.78, 5) is 14.8. The van der Waals surface area contributed by atoms with Crippen molar-refractivity contribution < 1.29 is 9.21 Å². The van der Waals surface area contributed by atoms with Gasteiger partial charge in [-0.1, -0.05) is 18.2 Å². The minimum Gasteiger partial charge on any atom is -0.467 e. The Bertz CT molecular complexity index is 622. The van der Waals surface area contributed by atoms with Crippen LogP contribution in [-0.4, -0.2) is 22.9 Å². The standard InChI is InChI=1S/C17H18N2O2/c20-17(16-10-12-4-1-2-6-15(12)18-16)19(13-7-8-13)11-14-5-3-9-21-14/h1-6,9,13,16,18H,7-8,10-11H2/t16-/m0/s1. The highest BCUT2D eigenvalue weighted by molar-refractivity contribution is 5.87. The molecule has 0 radical (unpaired) electrons. The van der Waals surface area contributed by atoms with Crippen LogP contribution in [0.1, 0.15) is 24.2 Å². The van der Waals surface area contributed by atoms with Gasteiger partial charge < -0.3 is 14.6 Å². The highest BCUT2D eigenvalue weighted by Crippen LogP contribution is 2.32. The van der Waals surface area contributed by atoms with Crippen LogP contribution in [0, 0.1) is 0 Å². The number of nitrogens with zero attached hydrogens (tertiary/aromatic N) is 1. The number of hydrogen-bond acceptors (Lipinski definition) is 3. The number of carbonyl (C=O) groups excluding carboxylic acids is 1. The average Bonchev–Trinajstić information content (AvgIpc) is 3.04. The van der Waals surface area contributed by atoms with Crippen LogP contribution in [0.5, 0.6) is 0 Å². The third kappa shape index (κ3) is 2.42. The summed E-state index contributed by atoms with van der Waals surface area (Å²) < 4.78 is 5.40. The van der Waals surface area contributed by atoms with E-state index in [1.807, 2.05) is 35.2 Å². The Hall–Kier alpha value is -2.23. The van der Waals surface area contributed by atoms with E-state index in [-0.39, 0.29) is 11.9 Å². The van der Waals surface area contributed by atoms with Crippen molar-refractivity contribution in [2.45, 2.75) is 37.9 Å². The smallest absolute Gasteiger partial charge is 0.246 e. The summed E-state index contributed by atoms with van der Waals surface area (Å²) in [6.07, 6.45) is 4.64. The predicted molar refractivity (Wildman–Crippen MR) is 79.8 cm³/mol. The van der Waals surface area contributed by atoms with E-state index < -0.39 is 0 Å². The number of carbonyl (C=O) groups is 1. The van der Waals surface area contributed by atoms with Crippen LogP contribution < -0.4 is 5.32 Å². The minimum absolute atomic E-state index is 0.141. The Morgan fingerprint density at radius 3 is 2.81 bits per heavy atom. The Morgan fingerprint density at radius 2 is 2.10 bits per heavy atom. The molecule has 1 aliphatic heterocycles. The lowest BCUT2D eigenvalue weighted by Gasteiger charge is -2.25. The fourth-order valence-electron chi connectivity index (χ4n) is 2.99. The maximum atomic E-state index is 12.8. The first kappa shape index (κ1) is 12.5. The lowest BCUT2D eigenvalue weighted by atomic mass is 10.1. The second-order valence-electron chi connectivity index (χ2n) is 5.83. The Labute approximate surface area is 123 Å². The molecule has 4 heteroatoms. The molecule has 0 spiro atoms. The number of furan rings is 1. The van der Waals surface area contributed by atoms with Crippen LogP contribution in [-0.2, 0) is 17.8 Å². The van der Waals surface area contributed by atoms with Gasteiger partial charge in [0.2, 0.25) is 5.91 Å². The first-order chi connectivity index (χ1) is 10.3. The minimum atomic E-state index is -0.141. The maximum Gasteiger partial charge on any atom is 0.246 e. The molecule has 4 nitrogen and oxygen atoms in total. The van der Waals surface area contributed by atoms with Gasteiger partial charge in [-0.2, -0.15) is 0 Å². The zero-order valence-electron chi connectivity index (χ0n) is 11.8. The van der Waals surface area contributed by atoms with Gasteiger partial charge in [-0.25, -0.2) is 0 Å². The van der Waals surface area contributed by atoms with E-state index in [0.29, 0.717) is 12.6 Å². The van der Waals surface area contributed by atoms with Gasteiger partial charge in [0.1, 0.15) is 11.8 Å². The molecule has 2 heterocycles. The number of nitrogens with one attached hydrogen (secondary N) is 1. The van der Waals surface area contributed by atoms with E-state index >= 15 is 0 Å². The average molecular weight is 282 g/mol. The van der Waals surface area contributed by atoms with Crippen molar-refractivity contribution in [3.63, 3.8) is 0 Å². The van der Waals surface area contributed by atoms with Crippen LogP contribution in [0.2, 0.25) is 0 Å². The first-order valence-corrected chi connectivity index (χ1v) is 7.48. The third-order valence-electron chi connectivity index (χ3n) is 4.25. The van der Waals surface area contributed by atoms with Crippen molar-refractivity contribution >= 4 is 11.6 Å². The molecule has 1 fully saturated rings. The fourth-order valence-corrected chi connectivity index (χ4v) is 2.99. The second kappa shape index (κ2) is 4.95. The summed E-state index contributed by atoms with van der Waals surface area (Å²) in [7, 11) is 0. The number of amides is 1. The van der Waals surface area contributed by atoms with Gasteiger partial charge in [-0.05, 0) is 36.6 Å². The van der Waals surface area contributed by atoms with Crippen molar-refractivity contribution in [1.82, 2.24) is 4.90 Å². The van der Waals surface area contributed by atoms with Gasteiger partial charge >= 0.3 is 0 Å². The Balaban J connectivity index is 1.50. The van der Waals surface area contributed by atoms with Crippen molar-refractivity contribution in [2.75, 3.05) is 5.32 Å². The highest BCUT2D eigenvalue weighted by atomic mass is 16.3. The predicted octanol–water partition coefficient (Wildman–Crippen LogP) is 2.81. The lowest BCUT2D eigenvalue weighted by molar-refractivity contribution is -0.133. The molecule has 1 aromatic carbocycles. The van der Waals surface area contributed by atoms with Gasteiger partial charge in [0.05, 0.1) is 12.8 Å². The quantitative estimate of drug-likeness (QED) is 0.938. The van der Waals surface area contributed by atoms with Crippen LogP contribution in [0.4, 0.5) is 5.69 Å². The monoisotopic (exact) mass is 282 g/mol. The van der Waals surface area contributed by atoms with Crippen molar-refractivity contribution in [1.29, 1.82) is 0 Å². The van der Waals surface area contributed by atoms with Crippen molar-refractivity contribution in [3.8, 4) is 0 Å². The summed E-state index contributed by atoms with van der Waals surface area (Å²) in [5.74, 6) is 1.04. The van der Waals surface area contributed by atoms with E-state index in [9.17, 15) is 4.79 Å². The molecular weight excluding hydrogens is 264 g/mol. The largest absolute Gasteiger partial charge is 0.467 e. The van der Waals surface area contributed by atoms with E-state index in [4.69, 9.17) is 4.42 Å². The molecule has 108 valence electrons. The van der Waals surface area contributed by atoms with E-state index in [1.165, 1.54) is 5.56 Å². The molecule has 2 aromatic rings. The molecule has 2 aliphatic rings. The van der Waals surface area contributed by atoms with Crippen molar-refractivity contribution in [2.24, 2.45) is 0 Å². The lowest BCUT2D eigenvalue weighted by Crippen LogP contribution is -2.42. The van der Waals surface area contributed by atoms with Crippen LogP contribution in [0.15, 0.2) is 47.1 Å². The Morgan fingerprint density at radius 1 is 1.24 bits per heavy atom. The second-order valence-corrected chi connectivity index (χ2v) is 5.83. The molecule has 0 saturated heterocycles. The topological polar surface area (TPSA) is 45.5 Å². The molecule has 1 amide bonds. The van der Waals surface area contributed by atoms with Crippen LogP contribution >= 0.6 is 0 Å². The molecule has 1 N–H and O–H groups in total. The number of para-hydroxylation sites is 1. The third-order valence-corrected chi connectivity index (χ3v) is 4.25. The van der Waals surface area contributed by atoms with Gasteiger partial charge in [0.25, 0.3) is 0 Å². The summed E-state index contributed by atoms with van der Waals surface area (Å²) in [5, 5.41) is 3.36. The summed E-state index contributed by atoms with van der Waals surface area (Å²) in [5.41, 5.74) is 2.31. The van der Waals surface area contributed by atoms with Gasteiger partial charge in [-0.15, -0.1) is 0 Å². The molecule has 1 atom stereocenters. The maximum absolute atomic E-state index is 12.8. The van der Waals surface area contributed by atoms with Crippen molar-refractivity contribution in [3.05, 3.63) is 54.0 Å². The van der Waals surface area contributed by atoms with Gasteiger partial charge in [0, 0.05) is 18.2 Å². The number of benzene rings is 1. The number of fused-ring (bicyclic) bond motifs is 1. The van der Waals surface area contributed by atoms with Crippen LogP contribution in [0.3, 0.4) is 0 Å². The summed E-state index contributed by atoms with van der Waals surface area (Å²) >= 11 is 0. The summed E-state index contributed by atoms with van der Waals surface area (Å²) in [6, 6.07) is 12.2. The van der Waals surface area contributed by atoms with E-state index in [0.717, 1.165) is 30.7 Å².